The maximum absolute atomic E-state index is 13.3. The molecule has 1 aliphatic rings. The molecule has 2 aromatic carbocycles. The van der Waals surface area contributed by atoms with E-state index in [0.29, 0.717) is 76.2 Å². The number of benzene rings is 2. The first-order chi connectivity index (χ1) is 26.9. The van der Waals surface area contributed by atoms with E-state index in [9.17, 15) is 34.5 Å². The highest BCUT2D eigenvalue weighted by Crippen LogP contribution is 2.19. The van der Waals surface area contributed by atoms with Crippen LogP contribution in [0.1, 0.15) is 19.3 Å². The van der Waals surface area contributed by atoms with Crippen LogP contribution in [0.5, 0.6) is 0 Å². The van der Waals surface area contributed by atoms with E-state index in [1.54, 1.807) is 0 Å². The summed E-state index contributed by atoms with van der Waals surface area (Å²) in [6, 6.07) is 14.9. The van der Waals surface area contributed by atoms with Crippen molar-refractivity contribution in [1.82, 2.24) is 24.2 Å². The van der Waals surface area contributed by atoms with Crippen LogP contribution in [-0.2, 0) is 20.9 Å². The van der Waals surface area contributed by atoms with Crippen LogP contribution < -0.4 is 20.7 Å². The predicted molar refractivity (Wildman–Crippen MR) is 205 cm³/mol. The third-order valence-corrected chi connectivity index (χ3v) is 9.37. The molecule has 1 aliphatic heterocycles. The highest BCUT2D eigenvalue weighted by Gasteiger charge is 2.18. The standard InChI is InChI=1S/C38H52N8O10/c47-32(39-12-9-35(50)51)25-43-17-15-42(23-24-46-30-7-3-1-5-28(30)38(56)29-6-2-4-8-31(29)46)16-18-44(26-33(48)40-13-10-36(52)53)20-22-45(21-19-43)27-34(49)41-14-11-37(54)55/h1-8H,9-27H2,(H,39,47)(H,40,48)(H,41,49)(H,50,51)(H,52,53)(H,54,55)/p-3. The van der Waals surface area contributed by atoms with E-state index < -0.39 is 35.6 Å². The van der Waals surface area contributed by atoms with Crippen LogP contribution in [-0.4, -0.2) is 173 Å². The van der Waals surface area contributed by atoms with Crippen molar-refractivity contribution in [2.75, 3.05) is 98.2 Å². The summed E-state index contributed by atoms with van der Waals surface area (Å²) in [5.41, 5.74) is 1.53. The third kappa shape index (κ3) is 14.3. The van der Waals surface area contributed by atoms with Gasteiger partial charge in [0.05, 0.1) is 30.3 Å². The largest absolute Gasteiger partial charge is 0.861 e. The average molecular weight is 778 g/mol. The molecule has 0 bridgehead atoms. The van der Waals surface area contributed by atoms with Crippen molar-refractivity contribution in [3.05, 3.63) is 58.8 Å². The van der Waals surface area contributed by atoms with Gasteiger partial charge in [-0.25, -0.2) is 0 Å². The van der Waals surface area contributed by atoms with E-state index in [1.165, 1.54) is 0 Å². The zero-order valence-electron chi connectivity index (χ0n) is 31.3. The lowest BCUT2D eigenvalue weighted by atomic mass is 10.1. The molecule has 0 radical (unpaired) electrons. The van der Waals surface area contributed by atoms with Gasteiger partial charge < -0.3 is 50.2 Å². The summed E-state index contributed by atoms with van der Waals surface area (Å²) < 4.78 is 2.11. The number of aromatic nitrogens is 1. The second-order valence-electron chi connectivity index (χ2n) is 13.4. The van der Waals surface area contributed by atoms with Gasteiger partial charge in [0.15, 0.2) is 5.43 Å². The van der Waals surface area contributed by atoms with Gasteiger partial charge in [0.2, 0.25) is 0 Å². The molecule has 18 nitrogen and oxygen atoms in total. The van der Waals surface area contributed by atoms with Crippen LogP contribution in [0.25, 0.3) is 21.8 Å². The van der Waals surface area contributed by atoms with Gasteiger partial charge >= 0.3 is 17.9 Å². The molecule has 1 fully saturated rings. The van der Waals surface area contributed by atoms with Crippen LogP contribution in [0, 0.1) is 0 Å². The second-order valence-corrected chi connectivity index (χ2v) is 13.4. The van der Waals surface area contributed by atoms with E-state index in [-0.39, 0.29) is 64.0 Å². The maximum atomic E-state index is 13.3. The zero-order valence-corrected chi connectivity index (χ0v) is 31.3. The molecule has 0 spiro atoms. The molecular formula is C38H49N8O10-3. The van der Waals surface area contributed by atoms with Crippen molar-refractivity contribution in [3.8, 4) is 0 Å². The Kier molecular flexibility index (Phi) is 17.2. The number of hydrogen-bond donors (Lipinski definition) is 3. The molecule has 0 saturated carbocycles. The van der Waals surface area contributed by atoms with Gasteiger partial charge in [0.1, 0.15) is 0 Å². The second kappa shape index (κ2) is 22.2. The predicted octanol–water partition coefficient (Wildman–Crippen LogP) is -1.92. The summed E-state index contributed by atoms with van der Waals surface area (Å²) in [5, 5.41) is 66.7. The number of aliphatic carboxylic acids is 3. The molecule has 0 aliphatic carbocycles. The van der Waals surface area contributed by atoms with Crippen molar-refractivity contribution in [1.29, 1.82) is 0 Å². The number of carboxylic acids is 3. The van der Waals surface area contributed by atoms with E-state index in [2.05, 4.69) is 24.4 Å². The van der Waals surface area contributed by atoms with Crippen LogP contribution >= 0.6 is 0 Å². The molecule has 18 heteroatoms. The van der Waals surface area contributed by atoms with Gasteiger partial charge in [-0.1, -0.05) is 24.3 Å². The SMILES string of the molecule is O=C(O)CCN=C([O-])CN1CCN(CCn2c3ccccc3c(=O)c3ccccc32)CCN(CC([O-])=NCCC(=O)O)CCN(CC([O-])=NCCC(=O)O)CC1. The molecule has 56 heavy (non-hydrogen) atoms. The smallest absolute Gasteiger partial charge is 0.305 e. The fourth-order valence-electron chi connectivity index (χ4n) is 6.39. The lowest BCUT2D eigenvalue weighted by Crippen LogP contribution is -2.50. The lowest BCUT2D eigenvalue weighted by molar-refractivity contribution is -0.222. The van der Waals surface area contributed by atoms with Crippen LogP contribution in [0.2, 0.25) is 0 Å². The number of para-hydroxylation sites is 2. The normalized spacial score (nSPS) is 16.8. The van der Waals surface area contributed by atoms with Crippen molar-refractivity contribution in [2.24, 2.45) is 15.0 Å². The Morgan fingerprint density at radius 3 is 1.18 bits per heavy atom. The monoisotopic (exact) mass is 777 g/mol. The number of pyridine rings is 1. The van der Waals surface area contributed by atoms with Gasteiger partial charge in [0.25, 0.3) is 0 Å². The Labute approximate surface area is 323 Å². The highest BCUT2D eigenvalue weighted by atomic mass is 16.4. The fourth-order valence-corrected chi connectivity index (χ4v) is 6.39. The molecule has 3 aromatic rings. The number of nitrogens with zero attached hydrogens (tertiary/aromatic N) is 8. The Morgan fingerprint density at radius 1 is 0.518 bits per heavy atom. The molecule has 0 atom stereocenters. The fraction of sp³-hybridized carbons (Fsp3) is 0.500. The Morgan fingerprint density at radius 2 is 0.839 bits per heavy atom. The maximum Gasteiger partial charge on any atom is 0.305 e. The first kappa shape index (κ1) is 43.3. The summed E-state index contributed by atoms with van der Waals surface area (Å²) >= 11 is 0. The molecule has 1 saturated heterocycles. The van der Waals surface area contributed by atoms with Gasteiger partial charge in [-0.2, -0.15) is 0 Å². The van der Waals surface area contributed by atoms with E-state index >= 15 is 0 Å². The van der Waals surface area contributed by atoms with Crippen LogP contribution in [0.15, 0.2) is 68.3 Å². The van der Waals surface area contributed by atoms with Crippen molar-refractivity contribution < 1.29 is 45.0 Å². The van der Waals surface area contributed by atoms with Gasteiger partial charge in [-0.3, -0.25) is 38.8 Å². The summed E-state index contributed by atoms with van der Waals surface area (Å²) in [5.74, 6) is -4.66. The molecule has 3 N–H and O–H groups in total. The zero-order chi connectivity index (χ0) is 40.5. The molecule has 4 rings (SSSR count). The van der Waals surface area contributed by atoms with Crippen LogP contribution in [0.3, 0.4) is 0 Å². The molecule has 1 aromatic heterocycles. The quantitative estimate of drug-likeness (QED) is 0.0724. The van der Waals surface area contributed by atoms with Crippen molar-refractivity contribution in [2.45, 2.75) is 25.8 Å². The number of carboxylic acid groups (broad SMARTS) is 3. The minimum Gasteiger partial charge on any atom is -0.861 e. The number of fused-ring (bicyclic) bond motifs is 2. The molecule has 304 valence electrons. The molecule has 2 heterocycles. The minimum atomic E-state index is -1.08. The topological polar surface area (TPSA) is 253 Å². The third-order valence-electron chi connectivity index (χ3n) is 9.37. The van der Waals surface area contributed by atoms with Crippen molar-refractivity contribution >= 4 is 57.4 Å². The summed E-state index contributed by atoms with van der Waals surface area (Å²) in [6.07, 6.45) is -0.846. The summed E-state index contributed by atoms with van der Waals surface area (Å²) in [4.78, 5) is 65.8. The van der Waals surface area contributed by atoms with Crippen LogP contribution in [0.4, 0.5) is 0 Å². The number of hydrogen-bond acceptors (Lipinski definition) is 14. The van der Waals surface area contributed by atoms with Gasteiger partial charge in [-0.15, -0.1) is 0 Å². The van der Waals surface area contributed by atoms with Gasteiger partial charge in [0, 0.05) is 115 Å². The summed E-state index contributed by atoms with van der Waals surface area (Å²) in [7, 11) is 0. The molecule has 0 amide bonds. The number of aliphatic imine (C=N–C) groups is 3. The number of carbonyl (C=O) groups is 3. The highest BCUT2D eigenvalue weighted by molar-refractivity contribution is 5.93. The molecular weight excluding hydrogens is 728 g/mol. The summed E-state index contributed by atoms with van der Waals surface area (Å²) in [6.45, 7) is 3.34. The van der Waals surface area contributed by atoms with E-state index in [4.69, 9.17) is 15.3 Å². The first-order valence-electron chi connectivity index (χ1n) is 18.6. The average Bonchev–Trinajstić information content (AvgIpc) is 3.15. The molecule has 0 unspecified atom stereocenters. The van der Waals surface area contributed by atoms with Gasteiger partial charge in [-0.05, 0) is 42.0 Å². The Hall–Kier alpha value is -5.43. The number of rotatable bonds is 18. The lowest BCUT2D eigenvalue weighted by Gasteiger charge is -2.36. The Bertz CT molecular complexity index is 1840. The minimum absolute atomic E-state index is 0.0494. The van der Waals surface area contributed by atoms with Crippen molar-refractivity contribution in [3.63, 3.8) is 0 Å². The van der Waals surface area contributed by atoms with E-state index in [1.807, 2.05) is 63.2 Å². The Balaban J connectivity index is 1.61. The van der Waals surface area contributed by atoms with E-state index in [0.717, 1.165) is 11.0 Å². The first-order valence-corrected chi connectivity index (χ1v) is 18.6.